The van der Waals surface area contributed by atoms with Gasteiger partial charge < -0.3 is 10.1 Å². The molecule has 1 atom stereocenters. The quantitative estimate of drug-likeness (QED) is 0.766. The predicted octanol–water partition coefficient (Wildman–Crippen LogP) is 3.20. The Morgan fingerprint density at radius 1 is 1.04 bits per heavy atom. The number of piperidine rings is 1. The summed E-state index contributed by atoms with van der Waals surface area (Å²) in [4.78, 5) is 4.77. The average Bonchev–Trinajstić information content (AvgIpc) is 2.69. The van der Waals surface area contributed by atoms with Crippen LogP contribution < -0.4 is 10.1 Å². The number of benzene rings is 2. The molecule has 6 heteroatoms. The fourth-order valence-electron chi connectivity index (χ4n) is 3.16. The van der Waals surface area contributed by atoms with Crippen LogP contribution in [0.15, 0.2) is 70.6 Å². The van der Waals surface area contributed by atoms with Gasteiger partial charge in [0.1, 0.15) is 11.9 Å². The lowest BCUT2D eigenvalue weighted by molar-refractivity contribution is 0.167. The normalized spacial score (nSPS) is 17.9. The van der Waals surface area contributed by atoms with Crippen LogP contribution in [0.25, 0.3) is 10.9 Å². The van der Waals surface area contributed by atoms with Crippen LogP contribution in [0.3, 0.4) is 0 Å². The lowest BCUT2D eigenvalue weighted by Gasteiger charge is -2.24. The highest BCUT2D eigenvalue weighted by atomic mass is 32.2. The molecule has 1 aliphatic heterocycles. The van der Waals surface area contributed by atoms with Gasteiger partial charge in [-0.15, -0.1) is 0 Å². The Balaban J connectivity index is 1.67. The Morgan fingerprint density at radius 2 is 1.88 bits per heavy atom. The Labute approximate surface area is 152 Å². The number of sulfone groups is 1. The molecule has 0 amide bonds. The van der Waals surface area contributed by atoms with E-state index in [0.29, 0.717) is 0 Å². The van der Waals surface area contributed by atoms with Crippen LogP contribution in [0.1, 0.15) is 12.8 Å². The summed E-state index contributed by atoms with van der Waals surface area (Å²) in [6.07, 6.45) is 3.67. The molecule has 1 aliphatic rings. The third kappa shape index (κ3) is 3.43. The molecule has 2 heterocycles. The smallest absolute Gasteiger partial charge is 0.208 e. The van der Waals surface area contributed by atoms with Crippen molar-refractivity contribution < 1.29 is 13.2 Å². The third-order valence-electron chi connectivity index (χ3n) is 4.55. The molecule has 26 heavy (non-hydrogen) atoms. The van der Waals surface area contributed by atoms with Gasteiger partial charge >= 0.3 is 0 Å². The number of fused-ring (bicyclic) bond motifs is 1. The number of pyridine rings is 1. The van der Waals surface area contributed by atoms with Gasteiger partial charge in [0.25, 0.3) is 0 Å². The summed E-state index contributed by atoms with van der Waals surface area (Å²) < 4.78 is 31.6. The van der Waals surface area contributed by atoms with E-state index in [1.807, 2.05) is 18.2 Å². The molecule has 1 unspecified atom stereocenters. The standard InChI is InChI=1S/C20H20N2O3S/c23-26(24,18-6-2-1-3-7-18)19-12-15-11-16(8-9-20(15)22-14-19)25-17-5-4-10-21-13-17/h1-3,6-9,11-12,14,17,21H,4-5,10,13H2. The molecule has 0 radical (unpaired) electrons. The molecule has 0 saturated carbocycles. The highest BCUT2D eigenvalue weighted by molar-refractivity contribution is 7.91. The van der Waals surface area contributed by atoms with Gasteiger partial charge in [-0.1, -0.05) is 18.2 Å². The number of hydrogen-bond acceptors (Lipinski definition) is 5. The lowest BCUT2D eigenvalue weighted by Crippen LogP contribution is -2.37. The van der Waals surface area contributed by atoms with Gasteiger partial charge in [0.2, 0.25) is 9.84 Å². The summed E-state index contributed by atoms with van der Waals surface area (Å²) in [5, 5.41) is 4.08. The van der Waals surface area contributed by atoms with Crippen molar-refractivity contribution in [3.63, 3.8) is 0 Å². The molecule has 1 saturated heterocycles. The largest absolute Gasteiger partial charge is 0.489 e. The molecule has 4 rings (SSSR count). The lowest BCUT2D eigenvalue weighted by atomic mass is 10.1. The van der Waals surface area contributed by atoms with Gasteiger partial charge in [0.15, 0.2) is 0 Å². The zero-order valence-electron chi connectivity index (χ0n) is 14.3. The van der Waals surface area contributed by atoms with Crippen molar-refractivity contribution in [2.45, 2.75) is 28.7 Å². The first kappa shape index (κ1) is 17.0. The van der Waals surface area contributed by atoms with E-state index in [1.54, 1.807) is 36.4 Å². The van der Waals surface area contributed by atoms with Crippen LogP contribution in [0.5, 0.6) is 5.75 Å². The highest BCUT2D eigenvalue weighted by Gasteiger charge is 2.19. The van der Waals surface area contributed by atoms with Crippen molar-refractivity contribution >= 4 is 20.7 Å². The van der Waals surface area contributed by atoms with Crippen molar-refractivity contribution in [2.24, 2.45) is 0 Å². The van der Waals surface area contributed by atoms with Crippen molar-refractivity contribution in [3.8, 4) is 5.75 Å². The maximum Gasteiger partial charge on any atom is 0.208 e. The first-order valence-corrected chi connectivity index (χ1v) is 10.2. The molecule has 1 N–H and O–H groups in total. The van der Waals surface area contributed by atoms with Crippen LogP contribution in [0, 0.1) is 0 Å². The maximum atomic E-state index is 12.8. The zero-order valence-corrected chi connectivity index (χ0v) is 15.1. The van der Waals surface area contributed by atoms with Crippen molar-refractivity contribution in [2.75, 3.05) is 13.1 Å². The molecule has 3 aromatic rings. The second-order valence-electron chi connectivity index (χ2n) is 6.43. The molecule has 1 fully saturated rings. The third-order valence-corrected chi connectivity index (χ3v) is 6.28. The Hall–Kier alpha value is -2.44. The van der Waals surface area contributed by atoms with Gasteiger partial charge in [-0.25, -0.2) is 8.42 Å². The van der Waals surface area contributed by atoms with E-state index in [9.17, 15) is 8.42 Å². The number of aromatic nitrogens is 1. The Bertz CT molecular complexity index is 1010. The van der Waals surface area contributed by atoms with Crippen LogP contribution in [0.4, 0.5) is 0 Å². The highest BCUT2D eigenvalue weighted by Crippen LogP contribution is 2.26. The SMILES string of the molecule is O=S(=O)(c1ccccc1)c1cnc2ccc(OC3CCCNC3)cc2c1. The van der Waals surface area contributed by atoms with Gasteiger partial charge in [0, 0.05) is 18.1 Å². The average molecular weight is 368 g/mol. The van der Waals surface area contributed by atoms with Crippen LogP contribution >= 0.6 is 0 Å². The van der Waals surface area contributed by atoms with Crippen molar-refractivity contribution in [3.05, 3.63) is 60.8 Å². The molecular formula is C20H20N2O3S. The Morgan fingerprint density at radius 3 is 2.65 bits per heavy atom. The van der Waals surface area contributed by atoms with E-state index in [4.69, 9.17) is 4.74 Å². The van der Waals surface area contributed by atoms with Gasteiger partial charge in [0.05, 0.1) is 15.3 Å². The minimum absolute atomic E-state index is 0.144. The summed E-state index contributed by atoms with van der Waals surface area (Å²) in [5.41, 5.74) is 0.742. The van der Waals surface area contributed by atoms with Crippen LogP contribution in [-0.2, 0) is 9.84 Å². The molecule has 1 aromatic heterocycles. The van der Waals surface area contributed by atoms with Crippen LogP contribution in [0.2, 0.25) is 0 Å². The summed E-state index contributed by atoms with van der Waals surface area (Å²) in [6.45, 7) is 1.86. The minimum Gasteiger partial charge on any atom is -0.489 e. The first-order chi connectivity index (χ1) is 12.6. The predicted molar refractivity (Wildman–Crippen MR) is 100 cm³/mol. The van der Waals surface area contributed by atoms with Crippen molar-refractivity contribution in [1.82, 2.24) is 10.3 Å². The van der Waals surface area contributed by atoms with Gasteiger partial charge in [-0.05, 0) is 55.8 Å². The van der Waals surface area contributed by atoms with E-state index >= 15 is 0 Å². The number of hydrogen-bond donors (Lipinski definition) is 1. The maximum absolute atomic E-state index is 12.8. The zero-order chi connectivity index (χ0) is 18.0. The Kier molecular flexibility index (Phi) is 4.61. The fourth-order valence-corrected chi connectivity index (χ4v) is 4.42. The molecule has 2 aromatic carbocycles. The van der Waals surface area contributed by atoms with E-state index in [2.05, 4.69) is 10.3 Å². The minimum atomic E-state index is -3.58. The second-order valence-corrected chi connectivity index (χ2v) is 8.38. The summed E-state index contributed by atoms with van der Waals surface area (Å²) >= 11 is 0. The van der Waals surface area contributed by atoms with Crippen LogP contribution in [-0.4, -0.2) is 32.6 Å². The first-order valence-electron chi connectivity index (χ1n) is 8.70. The molecule has 0 aliphatic carbocycles. The molecular weight excluding hydrogens is 348 g/mol. The molecule has 5 nitrogen and oxygen atoms in total. The van der Waals surface area contributed by atoms with E-state index in [1.165, 1.54) is 6.20 Å². The second kappa shape index (κ2) is 7.05. The van der Waals surface area contributed by atoms with E-state index in [0.717, 1.165) is 42.6 Å². The number of nitrogens with zero attached hydrogens (tertiary/aromatic N) is 1. The molecule has 134 valence electrons. The fraction of sp³-hybridized carbons (Fsp3) is 0.250. The van der Waals surface area contributed by atoms with Gasteiger partial charge in [-0.2, -0.15) is 0 Å². The number of rotatable bonds is 4. The summed E-state index contributed by atoms with van der Waals surface area (Å²) in [7, 11) is -3.58. The van der Waals surface area contributed by atoms with E-state index < -0.39 is 9.84 Å². The number of nitrogens with one attached hydrogen (secondary N) is 1. The topological polar surface area (TPSA) is 68.3 Å². The number of ether oxygens (including phenoxy) is 1. The van der Waals surface area contributed by atoms with Crippen molar-refractivity contribution in [1.29, 1.82) is 0 Å². The monoisotopic (exact) mass is 368 g/mol. The molecule has 0 bridgehead atoms. The van der Waals surface area contributed by atoms with E-state index in [-0.39, 0.29) is 15.9 Å². The molecule has 0 spiro atoms. The summed E-state index contributed by atoms with van der Waals surface area (Å²) in [5.74, 6) is 0.738. The summed E-state index contributed by atoms with van der Waals surface area (Å²) in [6, 6.07) is 15.7. The van der Waals surface area contributed by atoms with Gasteiger partial charge in [-0.3, -0.25) is 4.98 Å².